The van der Waals surface area contributed by atoms with E-state index in [1.54, 1.807) is 0 Å². The zero-order valence-electron chi connectivity index (χ0n) is 6.13. The van der Waals surface area contributed by atoms with Gasteiger partial charge in [-0.2, -0.15) is 5.32 Å². The molecule has 0 bridgehead atoms. The number of aryl methyl sites for hydroxylation is 1. The smallest absolute Gasteiger partial charge is 0.222 e. The van der Waals surface area contributed by atoms with E-state index in [0.29, 0.717) is 5.82 Å². The summed E-state index contributed by atoms with van der Waals surface area (Å²) in [4.78, 5) is 12.0. The number of nitrogens with one attached hydrogen (secondary N) is 1. The lowest BCUT2D eigenvalue weighted by atomic mass is 10.3. The van der Waals surface area contributed by atoms with E-state index in [2.05, 4.69) is 26.6 Å². The molecule has 1 aromatic rings. The Labute approximate surface area is 64.4 Å². The van der Waals surface area contributed by atoms with E-state index in [1.165, 1.54) is 6.33 Å². The van der Waals surface area contributed by atoms with Gasteiger partial charge in [0, 0.05) is 6.42 Å². The molecule has 2 rings (SSSR count). The lowest BCUT2D eigenvalue weighted by molar-refractivity contribution is 1.01. The number of aliphatic imine (C=N–C) groups is 1. The lowest BCUT2D eigenvalue weighted by Gasteiger charge is -1.91. The number of aromatic nitrogens is 2. The van der Waals surface area contributed by atoms with Gasteiger partial charge in [-0.1, -0.05) is 6.92 Å². The van der Waals surface area contributed by atoms with Crippen LogP contribution in [0.2, 0.25) is 0 Å². The van der Waals surface area contributed by atoms with Gasteiger partial charge in [0.25, 0.3) is 12.0 Å². The Bertz CT molecular complexity index is 305. The monoisotopic (exact) mass is 147 g/mol. The summed E-state index contributed by atoms with van der Waals surface area (Å²) in [6, 6.07) is 0. The molecule has 0 saturated heterocycles. The first-order valence-corrected chi connectivity index (χ1v) is 3.47. The first-order chi connectivity index (χ1) is 5.42. The van der Waals surface area contributed by atoms with E-state index in [1.807, 2.05) is 6.92 Å². The molecule has 0 unspecified atom stereocenters. The number of nitrogens with zero attached hydrogens (tertiary/aromatic N) is 3. The van der Waals surface area contributed by atoms with E-state index < -0.39 is 0 Å². The van der Waals surface area contributed by atoms with Crippen molar-refractivity contribution in [1.29, 1.82) is 0 Å². The van der Waals surface area contributed by atoms with Gasteiger partial charge >= 0.3 is 5.82 Å². The van der Waals surface area contributed by atoms with E-state index in [0.717, 1.165) is 17.8 Å². The second kappa shape index (κ2) is 2.25. The highest BCUT2D eigenvalue weighted by Crippen LogP contribution is 2.27. The van der Waals surface area contributed by atoms with Crippen molar-refractivity contribution in [3.63, 3.8) is 0 Å². The maximum atomic E-state index is 4.10. The quantitative estimate of drug-likeness (QED) is 0.603. The summed E-state index contributed by atoms with van der Waals surface area (Å²) in [5.74, 6) is 0.692. The highest BCUT2D eigenvalue weighted by atomic mass is 15.1. The van der Waals surface area contributed by atoms with Gasteiger partial charge in [-0.05, 0) is 4.99 Å². The lowest BCUT2D eigenvalue weighted by Crippen LogP contribution is -1.96. The summed E-state index contributed by atoms with van der Waals surface area (Å²) in [6.45, 7) is 2.04. The number of fused-ring (bicyclic) bond motifs is 1. The van der Waals surface area contributed by atoms with Crippen molar-refractivity contribution in [2.45, 2.75) is 13.3 Å². The van der Waals surface area contributed by atoms with Gasteiger partial charge in [-0.15, -0.1) is 4.98 Å². The molecule has 0 amide bonds. The molecule has 54 valence electrons. The highest BCUT2D eigenvalue weighted by Gasteiger charge is 2.24. The first-order valence-electron chi connectivity index (χ1n) is 3.47. The molecule has 0 atom stereocenters. The molecule has 11 heavy (non-hydrogen) atoms. The number of hydrogen-bond acceptors (Lipinski definition) is 4. The molecule has 0 aliphatic carbocycles. The van der Waals surface area contributed by atoms with Crippen LogP contribution in [-0.2, 0) is 6.42 Å². The van der Waals surface area contributed by atoms with Crippen LogP contribution in [0, 0.1) is 0 Å². The summed E-state index contributed by atoms with van der Waals surface area (Å²) in [5, 5.41) is 2.88. The fraction of sp³-hybridized carbons (Fsp3) is 0.286. The van der Waals surface area contributed by atoms with Crippen LogP contribution in [0.15, 0.2) is 11.3 Å². The van der Waals surface area contributed by atoms with Gasteiger partial charge in [-0.3, -0.25) is 0 Å². The molecular formula is C7H7N4+. The van der Waals surface area contributed by atoms with Crippen LogP contribution in [0.4, 0.5) is 11.5 Å². The van der Waals surface area contributed by atoms with Crippen LogP contribution < -0.4 is 5.32 Å². The van der Waals surface area contributed by atoms with Crippen molar-refractivity contribution in [3.05, 3.63) is 12.0 Å². The zero-order chi connectivity index (χ0) is 7.68. The molecule has 0 saturated carbocycles. The molecule has 0 aromatic carbocycles. The maximum absolute atomic E-state index is 4.10. The van der Waals surface area contributed by atoms with Crippen LogP contribution in [0.1, 0.15) is 12.6 Å². The van der Waals surface area contributed by atoms with Crippen LogP contribution in [0.25, 0.3) is 0 Å². The Morgan fingerprint density at radius 3 is 3.27 bits per heavy atom. The van der Waals surface area contributed by atoms with Crippen LogP contribution in [-0.4, -0.2) is 16.3 Å². The molecule has 1 N–H and O–H groups in total. The largest absolute Gasteiger partial charge is 0.343 e. The number of hydrogen-bond donors (Lipinski definition) is 1. The minimum Gasteiger partial charge on any atom is -0.222 e. The molecule has 1 aliphatic rings. The van der Waals surface area contributed by atoms with Crippen molar-refractivity contribution < 1.29 is 0 Å². The fourth-order valence-electron chi connectivity index (χ4n) is 1.03. The molecule has 0 fully saturated rings. The molecule has 0 spiro atoms. The Hall–Kier alpha value is -1.54. The van der Waals surface area contributed by atoms with Crippen molar-refractivity contribution in [2.75, 3.05) is 5.32 Å². The van der Waals surface area contributed by atoms with Crippen LogP contribution in [0.5, 0.6) is 0 Å². The molecule has 4 heteroatoms. The minimum atomic E-state index is 0.692. The molecule has 0 radical (unpaired) electrons. The van der Waals surface area contributed by atoms with E-state index in [9.17, 15) is 0 Å². The number of anilines is 1. The van der Waals surface area contributed by atoms with Gasteiger partial charge in [0.2, 0.25) is 0 Å². The van der Waals surface area contributed by atoms with Gasteiger partial charge in [0.1, 0.15) is 12.0 Å². The highest BCUT2D eigenvalue weighted by molar-refractivity contribution is 5.89. The second-order valence-electron chi connectivity index (χ2n) is 2.22. The van der Waals surface area contributed by atoms with E-state index >= 15 is 0 Å². The third-order valence-corrected chi connectivity index (χ3v) is 1.58. The summed E-state index contributed by atoms with van der Waals surface area (Å²) in [6.07, 6.45) is 5.04. The second-order valence-corrected chi connectivity index (χ2v) is 2.22. The summed E-state index contributed by atoms with van der Waals surface area (Å²) >= 11 is 0. The topological polar surface area (TPSA) is 50.2 Å². The summed E-state index contributed by atoms with van der Waals surface area (Å²) in [5.41, 5.74) is 1.89. The van der Waals surface area contributed by atoms with Gasteiger partial charge in [0.05, 0.1) is 0 Å². The molecule has 4 nitrogen and oxygen atoms in total. The molecular weight excluding hydrogens is 140 g/mol. The van der Waals surface area contributed by atoms with Crippen molar-refractivity contribution >= 4 is 17.8 Å². The maximum Gasteiger partial charge on any atom is 0.343 e. The summed E-state index contributed by atoms with van der Waals surface area (Å²) < 4.78 is 0. The first kappa shape index (κ1) is 6.19. The third kappa shape index (κ3) is 0.843. The van der Waals surface area contributed by atoms with Crippen molar-refractivity contribution in [2.24, 2.45) is 4.99 Å². The van der Waals surface area contributed by atoms with Crippen LogP contribution in [0.3, 0.4) is 0 Å². The van der Waals surface area contributed by atoms with Crippen molar-refractivity contribution in [3.8, 4) is 0 Å². The number of rotatable bonds is 1. The van der Waals surface area contributed by atoms with Gasteiger partial charge in [-0.25, -0.2) is 4.98 Å². The van der Waals surface area contributed by atoms with E-state index in [4.69, 9.17) is 0 Å². The standard InChI is InChI=1S/C7H7N4/c1-2-5-6-7(10-3-8-5)11-4-9-6/h3H,2H2,1H3,(H,8,9,10,11)/q+1. The fourth-order valence-corrected chi connectivity index (χ4v) is 1.03. The Morgan fingerprint density at radius 2 is 2.45 bits per heavy atom. The minimum absolute atomic E-state index is 0.692. The zero-order valence-corrected chi connectivity index (χ0v) is 6.13. The van der Waals surface area contributed by atoms with Gasteiger partial charge in [0.15, 0.2) is 0 Å². The Kier molecular flexibility index (Phi) is 1.27. The van der Waals surface area contributed by atoms with E-state index in [-0.39, 0.29) is 0 Å². The predicted octanol–water partition coefficient (Wildman–Crippen LogP) is 1.00. The predicted molar refractivity (Wildman–Crippen MR) is 42.1 cm³/mol. The molecule has 1 aromatic heterocycles. The van der Waals surface area contributed by atoms with Gasteiger partial charge < -0.3 is 0 Å². The normalized spacial score (nSPS) is 12.1. The third-order valence-electron chi connectivity index (χ3n) is 1.58. The average Bonchev–Trinajstić information content (AvgIpc) is 2.50. The molecule has 1 aliphatic heterocycles. The van der Waals surface area contributed by atoms with Crippen molar-refractivity contribution in [1.82, 2.24) is 9.97 Å². The van der Waals surface area contributed by atoms with Crippen LogP contribution >= 0.6 is 0 Å². The average molecular weight is 147 g/mol. The Morgan fingerprint density at radius 1 is 1.55 bits per heavy atom. The SMILES string of the molecule is CCc1ncnc2c1N[C+]=N2. The molecule has 2 heterocycles. The Balaban J connectivity index is 2.55. The summed E-state index contributed by atoms with van der Waals surface area (Å²) in [7, 11) is 0.